The van der Waals surface area contributed by atoms with Crippen LogP contribution in [0.15, 0.2) is 17.2 Å². The Bertz CT molecular complexity index is 652. The Morgan fingerprint density at radius 3 is 2.95 bits per heavy atom. The van der Waals surface area contributed by atoms with Crippen molar-refractivity contribution >= 4 is 17.3 Å². The summed E-state index contributed by atoms with van der Waals surface area (Å²) in [6.07, 6.45) is 5.10. The molecule has 0 fully saturated rings. The molecule has 0 atom stereocenters. The number of H-pyrrole nitrogens is 1. The largest absolute Gasteiger partial charge is 0.394 e. The third kappa shape index (κ3) is 3.83. The third-order valence-corrected chi connectivity index (χ3v) is 3.53. The van der Waals surface area contributed by atoms with Gasteiger partial charge in [0.25, 0.3) is 5.56 Å². The molecule has 2 aromatic rings. The fraction of sp³-hybridized carbons (Fsp3) is 0.462. The van der Waals surface area contributed by atoms with Gasteiger partial charge in [-0.1, -0.05) is 11.6 Å². The number of aryl methyl sites for hydroxylation is 2. The van der Waals surface area contributed by atoms with Gasteiger partial charge >= 0.3 is 0 Å². The van der Waals surface area contributed by atoms with Crippen molar-refractivity contribution in [2.75, 3.05) is 18.5 Å². The molecule has 7 nitrogen and oxygen atoms in total. The zero-order valence-electron chi connectivity index (χ0n) is 11.8. The maximum absolute atomic E-state index is 11.8. The van der Waals surface area contributed by atoms with Gasteiger partial charge in [-0.2, -0.15) is 10.2 Å². The number of anilines is 1. The number of aromatic amines is 1. The van der Waals surface area contributed by atoms with E-state index in [1.165, 1.54) is 11.8 Å². The Morgan fingerprint density at radius 2 is 2.29 bits per heavy atom. The van der Waals surface area contributed by atoms with E-state index < -0.39 is 5.56 Å². The lowest BCUT2D eigenvalue weighted by Gasteiger charge is -2.09. The highest BCUT2D eigenvalue weighted by molar-refractivity contribution is 6.32. The number of aliphatic hydroxyl groups is 1. The standard InChI is InChI=1S/C13H18ClN5O2/c1-9-10(7-16-18-9)3-2-4-15-11-8-17-19(5-6-20)13(21)12(11)14/h7-8,15,20H,2-6H2,1H3,(H,16,18). The van der Waals surface area contributed by atoms with Crippen molar-refractivity contribution in [3.8, 4) is 0 Å². The first-order valence-corrected chi connectivity index (χ1v) is 7.10. The normalized spacial score (nSPS) is 10.8. The van der Waals surface area contributed by atoms with Crippen molar-refractivity contribution in [1.82, 2.24) is 20.0 Å². The van der Waals surface area contributed by atoms with Gasteiger partial charge < -0.3 is 10.4 Å². The van der Waals surface area contributed by atoms with Crippen LogP contribution in [0.4, 0.5) is 5.69 Å². The second-order valence-corrected chi connectivity index (χ2v) is 5.05. The summed E-state index contributed by atoms with van der Waals surface area (Å²) in [5, 5.41) is 22.8. The Labute approximate surface area is 127 Å². The first-order chi connectivity index (χ1) is 10.1. The smallest absolute Gasteiger partial charge is 0.287 e. The second kappa shape index (κ2) is 7.24. The molecule has 2 rings (SSSR count). The van der Waals surface area contributed by atoms with Crippen LogP contribution in [0.1, 0.15) is 17.7 Å². The minimum atomic E-state index is -0.401. The summed E-state index contributed by atoms with van der Waals surface area (Å²) in [7, 11) is 0. The monoisotopic (exact) mass is 311 g/mol. The van der Waals surface area contributed by atoms with Crippen molar-refractivity contribution < 1.29 is 5.11 Å². The first-order valence-electron chi connectivity index (χ1n) is 6.72. The average molecular weight is 312 g/mol. The van der Waals surface area contributed by atoms with Crippen LogP contribution in [0.2, 0.25) is 5.02 Å². The maximum atomic E-state index is 11.8. The summed E-state index contributed by atoms with van der Waals surface area (Å²) in [6.45, 7) is 2.64. The Balaban J connectivity index is 1.90. The molecule has 114 valence electrons. The van der Waals surface area contributed by atoms with E-state index >= 15 is 0 Å². The number of rotatable bonds is 7. The summed E-state index contributed by atoms with van der Waals surface area (Å²) >= 11 is 6.01. The second-order valence-electron chi connectivity index (χ2n) is 4.67. The molecule has 0 spiro atoms. The molecule has 2 heterocycles. The predicted octanol–water partition coefficient (Wildman–Crippen LogP) is 0.965. The highest BCUT2D eigenvalue weighted by atomic mass is 35.5. The summed E-state index contributed by atoms with van der Waals surface area (Å²) < 4.78 is 1.14. The van der Waals surface area contributed by atoms with Crippen LogP contribution in [-0.2, 0) is 13.0 Å². The number of hydrogen-bond donors (Lipinski definition) is 3. The molecule has 0 aliphatic carbocycles. The van der Waals surface area contributed by atoms with E-state index in [9.17, 15) is 4.79 Å². The van der Waals surface area contributed by atoms with Gasteiger partial charge in [0, 0.05) is 12.2 Å². The number of hydrogen-bond acceptors (Lipinski definition) is 5. The van der Waals surface area contributed by atoms with Gasteiger partial charge in [0.05, 0.1) is 31.2 Å². The number of nitrogens with zero attached hydrogens (tertiary/aromatic N) is 3. The van der Waals surface area contributed by atoms with Gasteiger partial charge in [-0.25, -0.2) is 4.68 Å². The van der Waals surface area contributed by atoms with Crippen LogP contribution < -0.4 is 10.9 Å². The highest BCUT2D eigenvalue weighted by Crippen LogP contribution is 2.15. The van der Waals surface area contributed by atoms with Crippen LogP contribution in [0.3, 0.4) is 0 Å². The lowest BCUT2D eigenvalue weighted by Crippen LogP contribution is -2.25. The Hall–Kier alpha value is -1.86. The minimum Gasteiger partial charge on any atom is -0.394 e. The molecule has 0 radical (unpaired) electrons. The number of aliphatic hydroxyl groups excluding tert-OH is 1. The number of halogens is 1. The molecule has 0 aliphatic rings. The Morgan fingerprint density at radius 1 is 1.48 bits per heavy atom. The molecule has 0 saturated heterocycles. The van der Waals surface area contributed by atoms with E-state index in [-0.39, 0.29) is 18.2 Å². The molecule has 0 aliphatic heterocycles. The van der Waals surface area contributed by atoms with E-state index in [0.717, 1.165) is 23.2 Å². The molecule has 0 amide bonds. The molecule has 8 heteroatoms. The molecule has 0 bridgehead atoms. The fourth-order valence-corrected chi connectivity index (χ4v) is 2.19. The van der Waals surface area contributed by atoms with Gasteiger partial charge in [-0.15, -0.1) is 0 Å². The predicted molar refractivity (Wildman–Crippen MR) is 80.7 cm³/mol. The van der Waals surface area contributed by atoms with E-state index in [0.29, 0.717) is 12.2 Å². The van der Waals surface area contributed by atoms with E-state index in [1.54, 1.807) is 0 Å². The van der Waals surface area contributed by atoms with Crippen molar-refractivity contribution in [2.45, 2.75) is 26.3 Å². The molecule has 0 unspecified atom stereocenters. The zero-order valence-corrected chi connectivity index (χ0v) is 12.5. The molecule has 2 aromatic heterocycles. The summed E-state index contributed by atoms with van der Waals surface area (Å²) in [6, 6.07) is 0. The van der Waals surface area contributed by atoms with Crippen LogP contribution >= 0.6 is 11.6 Å². The third-order valence-electron chi connectivity index (χ3n) is 3.17. The van der Waals surface area contributed by atoms with Crippen LogP contribution in [0, 0.1) is 6.92 Å². The lowest BCUT2D eigenvalue weighted by molar-refractivity contribution is 0.266. The lowest BCUT2D eigenvalue weighted by atomic mass is 10.1. The van der Waals surface area contributed by atoms with Crippen molar-refractivity contribution in [1.29, 1.82) is 0 Å². The molecule has 0 saturated carbocycles. The molecule has 3 N–H and O–H groups in total. The van der Waals surface area contributed by atoms with E-state index in [1.807, 2.05) is 13.1 Å². The van der Waals surface area contributed by atoms with Crippen molar-refractivity contribution in [3.05, 3.63) is 39.0 Å². The average Bonchev–Trinajstić information content (AvgIpc) is 2.88. The quantitative estimate of drug-likeness (QED) is 0.662. The summed E-state index contributed by atoms with van der Waals surface area (Å²) in [5.41, 5.74) is 2.36. The SMILES string of the molecule is Cc1[nH]ncc1CCCNc1cnn(CCO)c(=O)c1Cl. The molecule has 21 heavy (non-hydrogen) atoms. The van der Waals surface area contributed by atoms with Gasteiger partial charge in [-0.05, 0) is 25.3 Å². The van der Waals surface area contributed by atoms with Gasteiger partial charge in [0.15, 0.2) is 0 Å². The number of nitrogens with one attached hydrogen (secondary N) is 2. The van der Waals surface area contributed by atoms with Crippen molar-refractivity contribution in [3.63, 3.8) is 0 Å². The van der Waals surface area contributed by atoms with E-state index in [4.69, 9.17) is 16.7 Å². The van der Waals surface area contributed by atoms with Gasteiger partial charge in [0.1, 0.15) is 5.02 Å². The first kappa shape index (κ1) is 15.5. The highest BCUT2D eigenvalue weighted by Gasteiger charge is 2.08. The van der Waals surface area contributed by atoms with Crippen LogP contribution in [0.25, 0.3) is 0 Å². The van der Waals surface area contributed by atoms with Gasteiger partial charge in [-0.3, -0.25) is 9.89 Å². The van der Waals surface area contributed by atoms with Crippen LogP contribution in [0.5, 0.6) is 0 Å². The summed E-state index contributed by atoms with van der Waals surface area (Å²) in [5.74, 6) is 0. The molecular formula is C13H18ClN5O2. The summed E-state index contributed by atoms with van der Waals surface area (Å²) in [4.78, 5) is 11.8. The Kier molecular flexibility index (Phi) is 5.35. The molecular weight excluding hydrogens is 294 g/mol. The zero-order chi connectivity index (χ0) is 15.2. The fourth-order valence-electron chi connectivity index (χ4n) is 1.97. The number of aromatic nitrogens is 4. The minimum absolute atomic E-state index is 0.0953. The molecule has 0 aromatic carbocycles. The van der Waals surface area contributed by atoms with Crippen LogP contribution in [-0.4, -0.2) is 38.2 Å². The van der Waals surface area contributed by atoms with E-state index in [2.05, 4.69) is 20.6 Å². The topological polar surface area (TPSA) is 95.8 Å². The maximum Gasteiger partial charge on any atom is 0.287 e. The van der Waals surface area contributed by atoms with Crippen molar-refractivity contribution in [2.24, 2.45) is 0 Å². The van der Waals surface area contributed by atoms with Gasteiger partial charge in [0.2, 0.25) is 0 Å².